The van der Waals surface area contributed by atoms with Crippen molar-refractivity contribution in [2.75, 3.05) is 6.61 Å². The molecule has 1 amide bonds. The molecule has 1 N–H and O–H groups in total. The molecule has 2 rings (SSSR count). The zero-order valence-electron chi connectivity index (χ0n) is 11.9. The van der Waals surface area contributed by atoms with E-state index in [0.29, 0.717) is 13.2 Å². The summed E-state index contributed by atoms with van der Waals surface area (Å²) >= 11 is 0. The molecule has 104 valence electrons. The molecular weight excluding hydrogens is 238 g/mol. The minimum absolute atomic E-state index is 0.212. The van der Waals surface area contributed by atoms with E-state index in [2.05, 4.69) is 11.4 Å². The van der Waals surface area contributed by atoms with Gasteiger partial charge in [-0.3, -0.25) is 4.79 Å². The first kappa shape index (κ1) is 13.9. The van der Waals surface area contributed by atoms with Crippen LogP contribution in [0.3, 0.4) is 0 Å². The highest BCUT2D eigenvalue weighted by molar-refractivity contribution is 5.78. The molecule has 0 heterocycles. The van der Waals surface area contributed by atoms with E-state index < -0.39 is 0 Å². The first-order valence-electron chi connectivity index (χ1n) is 7.20. The van der Waals surface area contributed by atoms with Crippen molar-refractivity contribution >= 4 is 5.91 Å². The molecule has 1 aromatic carbocycles. The summed E-state index contributed by atoms with van der Waals surface area (Å²) < 4.78 is 5.51. The van der Waals surface area contributed by atoms with Crippen LogP contribution in [0.2, 0.25) is 0 Å². The Morgan fingerprint density at radius 2 is 2.11 bits per heavy atom. The molecule has 1 aliphatic rings. The maximum Gasteiger partial charge on any atom is 0.223 e. The third kappa shape index (κ3) is 3.72. The van der Waals surface area contributed by atoms with Gasteiger partial charge in [-0.1, -0.05) is 25.0 Å². The van der Waals surface area contributed by atoms with Crippen molar-refractivity contribution < 1.29 is 9.53 Å². The fraction of sp³-hybridized carbons (Fsp3) is 0.562. The van der Waals surface area contributed by atoms with Crippen molar-refractivity contribution in [1.82, 2.24) is 5.32 Å². The lowest BCUT2D eigenvalue weighted by Crippen LogP contribution is -2.28. The molecule has 19 heavy (non-hydrogen) atoms. The van der Waals surface area contributed by atoms with Crippen molar-refractivity contribution in [3.63, 3.8) is 0 Å². The third-order valence-corrected chi connectivity index (χ3v) is 3.73. The van der Waals surface area contributed by atoms with Gasteiger partial charge in [0.25, 0.3) is 0 Å². The Balaban J connectivity index is 1.88. The first-order valence-corrected chi connectivity index (χ1v) is 7.20. The molecular formula is C16H23NO2. The van der Waals surface area contributed by atoms with E-state index in [-0.39, 0.29) is 11.8 Å². The number of hydrogen-bond acceptors (Lipinski definition) is 2. The topological polar surface area (TPSA) is 38.3 Å². The maximum absolute atomic E-state index is 11.9. The molecule has 3 heteroatoms. The van der Waals surface area contributed by atoms with E-state index in [1.165, 1.54) is 12.8 Å². The summed E-state index contributed by atoms with van der Waals surface area (Å²) in [6.07, 6.45) is 4.49. The molecule has 1 aromatic rings. The maximum atomic E-state index is 11.9. The van der Waals surface area contributed by atoms with Crippen molar-refractivity contribution in [3.8, 4) is 5.75 Å². The number of rotatable bonds is 5. The van der Waals surface area contributed by atoms with Gasteiger partial charge in [-0.15, -0.1) is 0 Å². The molecule has 1 saturated carbocycles. The molecule has 0 radical (unpaired) electrons. The highest BCUT2D eigenvalue weighted by Gasteiger charge is 2.22. The minimum Gasteiger partial charge on any atom is -0.494 e. The molecule has 0 saturated heterocycles. The minimum atomic E-state index is 0.212. The molecule has 0 unspecified atom stereocenters. The lowest BCUT2D eigenvalue weighted by Gasteiger charge is -2.12. The standard InChI is InChI=1S/C16H23NO2/c1-3-19-15-9-8-13(10-12(15)2)11-17-16(18)14-6-4-5-7-14/h8-10,14H,3-7,11H2,1-2H3,(H,17,18). The molecule has 0 aromatic heterocycles. The van der Waals surface area contributed by atoms with Gasteiger partial charge in [-0.2, -0.15) is 0 Å². The fourth-order valence-corrected chi connectivity index (χ4v) is 2.66. The van der Waals surface area contributed by atoms with Gasteiger partial charge in [0, 0.05) is 12.5 Å². The lowest BCUT2D eigenvalue weighted by molar-refractivity contribution is -0.124. The average Bonchev–Trinajstić information content (AvgIpc) is 2.93. The van der Waals surface area contributed by atoms with Crippen LogP contribution in [0.15, 0.2) is 18.2 Å². The normalized spacial score (nSPS) is 15.5. The zero-order valence-corrected chi connectivity index (χ0v) is 11.9. The van der Waals surface area contributed by atoms with Crippen molar-refractivity contribution in [1.29, 1.82) is 0 Å². The van der Waals surface area contributed by atoms with Gasteiger partial charge in [0.05, 0.1) is 6.61 Å². The van der Waals surface area contributed by atoms with Gasteiger partial charge in [0.15, 0.2) is 0 Å². The van der Waals surface area contributed by atoms with E-state index >= 15 is 0 Å². The summed E-state index contributed by atoms with van der Waals surface area (Å²) in [5.74, 6) is 1.38. The van der Waals surface area contributed by atoms with Crippen LogP contribution < -0.4 is 10.1 Å². The molecule has 0 bridgehead atoms. The molecule has 1 fully saturated rings. The quantitative estimate of drug-likeness (QED) is 0.884. The van der Waals surface area contributed by atoms with Gasteiger partial charge in [0.1, 0.15) is 5.75 Å². The molecule has 0 atom stereocenters. The van der Waals surface area contributed by atoms with Gasteiger partial charge < -0.3 is 10.1 Å². The summed E-state index contributed by atoms with van der Waals surface area (Å²) in [6.45, 7) is 5.31. The van der Waals surface area contributed by atoms with Crippen molar-refractivity contribution in [2.45, 2.75) is 46.1 Å². The fourth-order valence-electron chi connectivity index (χ4n) is 2.66. The zero-order chi connectivity index (χ0) is 13.7. The highest BCUT2D eigenvalue weighted by Crippen LogP contribution is 2.25. The van der Waals surface area contributed by atoms with Crippen LogP contribution in [0.5, 0.6) is 5.75 Å². The lowest BCUT2D eigenvalue weighted by atomic mass is 10.1. The third-order valence-electron chi connectivity index (χ3n) is 3.73. The van der Waals surface area contributed by atoms with Gasteiger partial charge in [-0.05, 0) is 43.9 Å². The number of aryl methyl sites for hydroxylation is 1. The number of ether oxygens (including phenoxy) is 1. The Morgan fingerprint density at radius 3 is 2.74 bits per heavy atom. The van der Waals surface area contributed by atoms with Crippen LogP contribution >= 0.6 is 0 Å². The Morgan fingerprint density at radius 1 is 1.37 bits per heavy atom. The number of benzene rings is 1. The van der Waals surface area contributed by atoms with Crippen molar-refractivity contribution in [3.05, 3.63) is 29.3 Å². The molecule has 3 nitrogen and oxygen atoms in total. The number of hydrogen-bond donors (Lipinski definition) is 1. The van der Waals surface area contributed by atoms with Crippen LogP contribution in [0.25, 0.3) is 0 Å². The number of nitrogens with one attached hydrogen (secondary N) is 1. The smallest absolute Gasteiger partial charge is 0.223 e. The molecule has 0 aliphatic heterocycles. The Labute approximate surface area is 115 Å². The van der Waals surface area contributed by atoms with Crippen LogP contribution in [0.4, 0.5) is 0 Å². The van der Waals surface area contributed by atoms with Crippen LogP contribution in [0.1, 0.15) is 43.7 Å². The molecule has 1 aliphatic carbocycles. The van der Waals surface area contributed by atoms with Gasteiger partial charge >= 0.3 is 0 Å². The predicted octanol–water partition coefficient (Wildman–Crippen LogP) is 3.20. The van der Waals surface area contributed by atoms with E-state index in [9.17, 15) is 4.79 Å². The monoisotopic (exact) mass is 261 g/mol. The second kappa shape index (κ2) is 6.60. The summed E-state index contributed by atoms with van der Waals surface area (Å²) in [5, 5.41) is 3.04. The Hall–Kier alpha value is -1.51. The van der Waals surface area contributed by atoms with Crippen LogP contribution in [-0.2, 0) is 11.3 Å². The van der Waals surface area contributed by atoms with E-state index in [1.807, 2.05) is 26.0 Å². The largest absolute Gasteiger partial charge is 0.494 e. The van der Waals surface area contributed by atoms with Crippen molar-refractivity contribution in [2.24, 2.45) is 5.92 Å². The SMILES string of the molecule is CCOc1ccc(CNC(=O)C2CCCC2)cc1C. The van der Waals surface area contributed by atoms with E-state index in [0.717, 1.165) is 29.7 Å². The number of carbonyl (C=O) groups excluding carboxylic acids is 1. The Bertz CT molecular complexity index is 436. The highest BCUT2D eigenvalue weighted by atomic mass is 16.5. The van der Waals surface area contributed by atoms with Crippen LogP contribution in [0, 0.1) is 12.8 Å². The first-order chi connectivity index (χ1) is 9.20. The number of amides is 1. The van der Waals surface area contributed by atoms with Gasteiger partial charge in [-0.25, -0.2) is 0 Å². The molecule has 0 spiro atoms. The van der Waals surface area contributed by atoms with Crippen LogP contribution in [-0.4, -0.2) is 12.5 Å². The predicted molar refractivity (Wildman–Crippen MR) is 76.2 cm³/mol. The second-order valence-corrected chi connectivity index (χ2v) is 5.23. The summed E-state index contributed by atoms with van der Waals surface area (Å²) in [7, 11) is 0. The Kier molecular flexibility index (Phi) is 4.83. The summed E-state index contributed by atoms with van der Waals surface area (Å²) in [4.78, 5) is 11.9. The van der Waals surface area contributed by atoms with Gasteiger partial charge in [0.2, 0.25) is 5.91 Å². The van der Waals surface area contributed by atoms with E-state index in [1.54, 1.807) is 0 Å². The summed E-state index contributed by atoms with van der Waals surface area (Å²) in [5.41, 5.74) is 2.25. The second-order valence-electron chi connectivity index (χ2n) is 5.23. The average molecular weight is 261 g/mol. The summed E-state index contributed by atoms with van der Waals surface area (Å²) in [6, 6.07) is 6.09. The number of carbonyl (C=O) groups is 1. The van der Waals surface area contributed by atoms with E-state index in [4.69, 9.17) is 4.74 Å².